The smallest absolute Gasteiger partial charge is 0.0756 e. The molecule has 0 amide bonds. The van der Waals surface area contributed by atoms with Gasteiger partial charge in [0.15, 0.2) is 0 Å². The molecule has 0 aliphatic heterocycles. The molecule has 1 fully saturated rings. The van der Waals surface area contributed by atoms with Crippen molar-refractivity contribution in [1.82, 2.24) is 0 Å². The zero-order valence-corrected chi connectivity index (χ0v) is 7.99. The van der Waals surface area contributed by atoms with Gasteiger partial charge in [-0.25, -0.2) is 0 Å². The third kappa shape index (κ3) is 2.78. The zero-order chi connectivity index (χ0) is 8.27. The molecule has 0 bridgehead atoms. The number of hydrogen-bond donors (Lipinski definition) is 1. The van der Waals surface area contributed by atoms with Crippen LogP contribution in [-0.4, -0.2) is 4.99 Å². The van der Waals surface area contributed by atoms with Crippen molar-refractivity contribution in [3.63, 3.8) is 0 Å². The molecule has 1 aliphatic rings. The molecular weight excluding hydrogens is 154 g/mol. The predicted molar refractivity (Wildman–Crippen MR) is 52.5 cm³/mol. The lowest BCUT2D eigenvalue weighted by Gasteiger charge is -2.14. The van der Waals surface area contributed by atoms with E-state index in [0.29, 0.717) is 10.9 Å². The second kappa shape index (κ2) is 4.05. The maximum Gasteiger partial charge on any atom is 0.0756 e. The van der Waals surface area contributed by atoms with E-state index < -0.39 is 0 Å². The van der Waals surface area contributed by atoms with Gasteiger partial charge in [0.25, 0.3) is 0 Å². The molecule has 0 aromatic rings. The second-order valence-electron chi connectivity index (χ2n) is 3.69. The van der Waals surface area contributed by atoms with E-state index in [1.165, 1.54) is 32.1 Å². The molecule has 1 saturated carbocycles. The van der Waals surface area contributed by atoms with Crippen LogP contribution in [0, 0.1) is 11.8 Å². The van der Waals surface area contributed by atoms with Crippen molar-refractivity contribution in [2.45, 2.75) is 39.0 Å². The van der Waals surface area contributed by atoms with Crippen molar-refractivity contribution in [3.05, 3.63) is 0 Å². The summed E-state index contributed by atoms with van der Waals surface area (Å²) in [6.45, 7) is 2.14. The van der Waals surface area contributed by atoms with E-state index in [2.05, 4.69) is 6.92 Å². The molecule has 2 heteroatoms. The average molecular weight is 171 g/mol. The van der Waals surface area contributed by atoms with Crippen LogP contribution >= 0.6 is 12.2 Å². The molecule has 64 valence electrons. The van der Waals surface area contributed by atoms with Gasteiger partial charge in [-0.1, -0.05) is 44.8 Å². The molecular formula is C9H17NS. The molecule has 2 N–H and O–H groups in total. The van der Waals surface area contributed by atoms with Gasteiger partial charge in [0.2, 0.25) is 0 Å². The van der Waals surface area contributed by atoms with Gasteiger partial charge in [0.1, 0.15) is 0 Å². The van der Waals surface area contributed by atoms with E-state index >= 15 is 0 Å². The number of rotatable bonds is 3. The fourth-order valence-electron chi connectivity index (χ4n) is 1.86. The standard InChI is InChI=1S/C9H17NS/c1-7(9(10)11)6-8-4-2-3-5-8/h7-8H,2-6H2,1H3,(H2,10,11). The Labute approximate surface area is 74.4 Å². The Morgan fingerprint density at radius 1 is 1.55 bits per heavy atom. The Bertz CT molecular complexity index is 138. The van der Waals surface area contributed by atoms with Gasteiger partial charge in [-0.2, -0.15) is 0 Å². The van der Waals surface area contributed by atoms with E-state index in [1.807, 2.05) is 0 Å². The van der Waals surface area contributed by atoms with Crippen LogP contribution in [0.25, 0.3) is 0 Å². The topological polar surface area (TPSA) is 26.0 Å². The van der Waals surface area contributed by atoms with Gasteiger partial charge in [-0.3, -0.25) is 0 Å². The molecule has 1 nitrogen and oxygen atoms in total. The van der Waals surface area contributed by atoms with Crippen LogP contribution in [-0.2, 0) is 0 Å². The van der Waals surface area contributed by atoms with Crippen molar-refractivity contribution >= 4 is 17.2 Å². The number of hydrogen-bond acceptors (Lipinski definition) is 1. The van der Waals surface area contributed by atoms with Gasteiger partial charge < -0.3 is 5.73 Å². The summed E-state index contributed by atoms with van der Waals surface area (Å²) in [6.07, 6.45) is 6.83. The Morgan fingerprint density at radius 2 is 2.09 bits per heavy atom. The van der Waals surface area contributed by atoms with Crippen molar-refractivity contribution < 1.29 is 0 Å². The van der Waals surface area contributed by atoms with Crippen molar-refractivity contribution in [2.75, 3.05) is 0 Å². The summed E-state index contributed by atoms with van der Waals surface area (Å²) in [7, 11) is 0. The molecule has 0 spiro atoms. The zero-order valence-electron chi connectivity index (χ0n) is 7.18. The van der Waals surface area contributed by atoms with Crippen LogP contribution in [0.15, 0.2) is 0 Å². The van der Waals surface area contributed by atoms with Gasteiger partial charge in [-0.15, -0.1) is 0 Å². The van der Waals surface area contributed by atoms with Crippen LogP contribution in [0.2, 0.25) is 0 Å². The molecule has 1 atom stereocenters. The first kappa shape index (κ1) is 8.98. The highest BCUT2D eigenvalue weighted by atomic mass is 32.1. The van der Waals surface area contributed by atoms with E-state index in [4.69, 9.17) is 18.0 Å². The minimum Gasteiger partial charge on any atom is -0.393 e. The lowest BCUT2D eigenvalue weighted by molar-refractivity contribution is 0.459. The summed E-state index contributed by atoms with van der Waals surface area (Å²) in [6, 6.07) is 0. The van der Waals surface area contributed by atoms with Crippen LogP contribution in [0.4, 0.5) is 0 Å². The van der Waals surface area contributed by atoms with Crippen LogP contribution in [0.1, 0.15) is 39.0 Å². The van der Waals surface area contributed by atoms with E-state index in [9.17, 15) is 0 Å². The predicted octanol–water partition coefficient (Wildman–Crippen LogP) is 2.49. The first-order valence-electron chi connectivity index (χ1n) is 4.49. The minimum atomic E-state index is 0.452. The third-order valence-electron chi connectivity index (χ3n) is 2.65. The van der Waals surface area contributed by atoms with Gasteiger partial charge in [0, 0.05) is 5.92 Å². The highest BCUT2D eigenvalue weighted by molar-refractivity contribution is 7.80. The van der Waals surface area contributed by atoms with E-state index in [-0.39, 0.29) is 0 Å². The minimum absolute atomic E-state index is 0.452. The molecule has 0 aromatic carbocycles. The van der Waals surface area contributed by atoms with Gasteiger partial charge >= 0.3 is 0 Å². The summed E-state index contributed by atoms with van der Waals surface area (Å²) in [5, 5.41) is 0. The van der Waals surface area contributed by atoms with Crippen molar-refractivity contribution in [3.8, 4) is 0 Å². The lowest BCUT2D eigenvalue weighted by atomic mass is 9.95. The molecule has 1 rings (SSSR count). The molecule has 11 heavy (non-hydrogen) atoms. The van der Waals surface area contributed by atoms with E-state index in [1.54, 1.807) is 0 Å². The fourth-order valence-corrected chi connectivity index (χ4v) is 1.96. The van der Waals surface area contributed by atoms with Crippen LogP contribution in [0.5, 0.6) is 0 Å². The Balaban J connectivity index is 2.23. The number of thiocarbonyl (C=S) groups is 1. The molecule has 1 aliphatic carbocycles. The van der Waals surface area contributed by atoms with Gasteiger partial charge in [0.05, 0.1) is 4.99 Å². The Kier molecular flexibility index (Phi) is 3.31. The largest absolute Gasteiger partial charge is 0.393 e. The first-order valence-corrected chi connectivity index (χ1v) is 4.90. The number of nitrogens with two attached hydrogens (primary N) is 1. The summed E-state index contributed by atoms with van der Waals surface area (Å²) < 4.78 is 0. The van der Waals surface area contributed by atoms with Crippen LogP contribution < -0.4 is 5.73 Å². The third-order valence-corrected chi connectivity index (χ3v) is 3.05. The second-order valence-corrected chi connectivity index (χ2v) is 4.16. The highest BCUT2D eigenvalue weighted by Gasteiger charge is 2.18. The Hall–Kier alpha value is -0.110. The monoisotopic (exact) mass is 171 g/mol. The molecule has 0 heterocycles. The molecule has 0 radical (unpaired) electrons. The maximum absolute atomic E-state index is 5.55. The van der Waals surface area contributed by atoms with E-state index in [0.717, 1.165) is 5.92 Å². The first-order chi connectivity index (χ1) is 5.20. The summed E-state index contributed by atoms with van der Waals surface area (Å²) in [5.74, 6) is 1.36. The van der Waals surface area contributed by atoms with Gasteiger partial charge in [-0.05, 0) is 12.3 Å². The molecule has 1 unspecified atom stereocenters. The molecule has 0 aromatic heterocycles. The van der Waals surface area contributed by atoms with Crippen molar-refractivity contribution in [1.29, 1.82) is 0 Å². The Morgan fingerprint density at radius 3 is 2.55 bits per heavy atom. The fraction of sp³-hybridized carbons (Fsp3) is 0.889. The normalized spacial score (nSPS) is 21.9. The molecule has 0 saturated heterocycles. The summed E-state index contributed by atoms with van der Waals surface area (Å²) in [5.41, 5.74) is 5.55. The summed E-state index contributed by atoms with van der Waals surface area (Å²) in [4.78, 5) is 0.692. The maximum atomic E-state index is 5.55. The quantitative estimate of drug-likeness (QED) is 0.660. The van der Waals surface area contributed by atoms with Crippen molar-refractivity contribution in [2.24, 2.45) is 17.6 Å². The highest BCUT2D eigenvalue weighted by Crippen LogP contribution is 2.30. The summed E-state index contributed by atoms with van der Waals surface area (Å²) >= 11 is 4.93. The SMILES string of the molecule is CC(CC1CCCC1)C(N)=S. The lowest BCUT2D eigenvalue weighted by Crippen LogP contribution is -2.20. The van der Waals surface area contributed by atoms with Crippen LogP contribution in [0.3, 0.4) is 0 Å². The average Bonchev–Trinajstić information content (AvgIpc) is 2.39.